The fraction of sp³-hybridized carbons (Fsp3) is 0.357. The Morgan fingerprint density at radius 2 is 1.77 bits per heavy atom. The standard InChI is InChI=1S/C14H18ClN3O4/c1-8(2)12(13(20)21)18-11(19)7-16-14(22)17-10-5-3-9(15)4-6-10/h3-6,8,12H,7H2,1-2H3,(H,18,19)(H,20,21)(H2,16,17,22). The maximum atomic E-state index is 11.6. The number of carbonyl (C=O) groups is 3. The number of carboxylic acids is 1. The van der Waals surface area contributed by atoms with Crippen molar-refractivity contribution in [2.45, 2.75) is 19.9 Å². The summed E-state index contributed by atoms with van der Waals surface area (Å²) in [6.07, 6.45) is 0. The number of carboxylic acid groups (broad SMARTS) is 1. The van der Waals surface area contributed by atoms with Crippen LogP contribution in [0.1, 0.15) is 13.8 Å². The Morgan fingerprint density at radius 1 is 1.18 bits per heavy atom. The minimum atomic E-state index is -1.12. The summed E-state index contributed by atoms with van der Waals surface area (Å²) in [4.78, 5) is 34.2. The lowest BCUT2D eigenvalue weighted by atomic mass is 10.1. The van der Waals surface area contributed by atoms with Gasteiger partial charge in [0.05, 0.1) is 6.54 Å². The van der Waals surface area contributed by atoms with E-state index in [1.807, 2.05) is 0 Å². The first-order chi connectivity index (χ1) is 10.3. The molecule has 7 nitrogen and oxygen atoms in total. The van der Waals surface area contributed by atoms with E-state index in [0.717, 1.165) is 0 Å². The third kappa shape index (κ3) is 6.01. The second-order valence-electron chi connectivity index (χ2n) is 4.94. The zero-order chi connectivity index (χ0) is 16.7. The van der Waals surface area contributed by atoms with E-state index in [9.17, 15) is 14.4 Å². The number of benzene rings is 1. The summed E-state index contributed by atoms with van der Waals surface area (Å²) in [5.41, 5.74) is 0.521. The number of aliphatic carboxylic acids is 1. The molecule has 0 aromatic heterocycles. The van der Waals surface area contributed by atoms with Gasteiger partial charge >= 0.3 is 12.0 Å². The molecule has 22 heavy (non-hydrogen) atoms. The molecular formula is C14H18ClN3O4. The van der Waals surface area contributed by atoms with Gasteiger partial charge in [0.25, 0.3) is 0 Å². The molecule has 1 unspecified atom stereocenters. The van der Waals surface area contributed by atoms with Gasteiger partial charge in [-0.2, -0.15) is 0 Å². The van der Waals surface area contributed by atoms with Crippen molar-refractivity contribution in [3.63, 3.8) is 0 Å². The Balaban J connectivity index is 2.41. The van der Waals surface area contributed by atoms with Gasteiger partial charge in [0.15, 0.2) is 0 Å². The van der Waals surface area contributed by atoms with Crippen LogP contribution in [-0.4, -0.2) is 35.6 Å². The van der Waals surface area contributed by atoms with Gasteiger partial charge in [0.2, 0.25) is 5.91 Å². The lowest BCUT2D eigenvalue weighted by molar-refractivity contribution is -0.142. The normalized spacial score (nSPS) is 11.6. The molecule has 1 aromatic rings. The van der Waals surface area contributed by atoms with Crippen molar-refractivity contribution in [1.82, 2.24) is 10.6 Å². The molecule has 0 aliphatic carbocycles. The molecule has 0 bridgehead atoms. The van der Waals surface area contributed by atoms with Crippen LogP contribution in [0.3, 0.4) is 0 Å². The first kappa shape index (κ1) is 17.8. The van der Waals surface area contributed by atoms with Crippen LogP contribution in [0, 0.1) is 5.92 Å². The number of amides is 3. The molecule has 1 atom stereocenters. The fourth-order valence-electron chi connectivity index (χ4n) is 1.61. The molecule has 0 aliphatic heterocycles. The minimum Gasteiger partial charge on any atom is -0.480 e. The van der Waals surface area contributed by atoms with Crippen LogP contribution in [0.25, 0.3) is 0 Å². The van der Waals surface area contributed by atoms with Gasteiger partial charge in [0.1, 0.15) is 6.04 Å². The Hall–Kier alpha value is -2.28. The molecule has 0 saturated heterocycles. The molecule has 0 heterocycles. The topological polar surface area (TPSA) is 108 Å². The van der Waals surface area contributed by atoms with Crippen LogP contribution in [0.4, 0.5) is 10.5 Å². The number of carbonyl (C=O) groups excluding carboxylic acids is 2. The van der Waals surface area contributed by atoms with E-state index >= 15 is 0 Å². The van der Waals surface area contributed by atoms with Crippen molar-refractivity contribution in [3.8, 4) is 0 Å². The number of hydrogen-bond donors (Lipinski definition) is 4. The summed E-state index contributed by atoms with van der Waals surface area (Å²) in [6.45, 7) is 3.04. The first-order valence-corrected chi connectivity index (χ1v) is 7.00. The molecule has 120 valence electrons. The maximum absolute atomic E-state index is 11.6. The first-order valence-electron chi connectivity index (χ1n) is 6.62. The summed E-state index contributed by atoms with van der Waals surface area (Å²) >= 11 is 5.72. The molecule has 4 N–H and O–H groups in total. The summed E-state index contributed by atoms with van der Waals surface area (Å²) in [5, 5.41) is 16.7. The Bertz CT molecular complexity index is 546. The van der Waals surface area contributed by atoms with Gasteiger partial charge in [-0.05, 0) is 30.2 Å². The van der Waals surface area contributed by atoms with Crippen LogP contribution < -0.4 is 16.0 Å². The van der Waals surface area contributed by atoms with Gasteiger partial charge < -0.3 is 21.1 Å². The number of anilines is 1. The molecule has 1 aromatic carbocycles. The quantitative estimate of drug-likeness (QED) is 0.637. The summed E-state index contributed by atoms with van der Waals surface area (Å²) in [7, 11) is 0. The highest BCUT2D eigenvalue weighted by molar-refractivity contribution is 6.30. The molecule has 0 radical (unpaired) electrons. The molecule has 8 heteroatoms. The van der Waals surface area contributed by atoms with Crippen molar-refractivity contribution in [1.29, 1.82) is 0 Å². The third-order valence-corrected chi connectivity index (χ3v) is 3.01. The van der Waals surface area contributed by atoms with Crippen molar-refractivity contribution in [3.05, 3.63) is 29.3 Å². The minimum absolute atomic E-state index is 0.260. The van der Waals surface area contributed by atoms with Crippen molar-refractivity contribution < 1.29 is 19.5 Å². The fourth-order valence-corrected chi connectivity index (χ4v) is 1.73. The van der Waals surface area contributed by atoms with Gasteiger partial charge in [-0.25, -0.2) is 9.59 Å². The van der Waals surface area contributed by atoms with E-state index in [0.29, 0.717) is 10.7 Å². The average Bonchev–Trinajstić information content (AvgIpc) is 2.44. The van der Waals surface area contributed by atoms with E-state index in [2.05, 4.69) is 16.0 Å². The number of rotatable bonds is 6. The molecule has 3 amide bonds. The highest BCUT2D eigenvalue weighted by atomic mass is 35.5. The monoisotopic (exact) mass is 327 g/mol. The summed E-state index contributed by atoms with van der Waals surface area (Å²) in [6, 6.07) is 4.89. The Kier molecular flexibility index (Phi) is 6.65. The number of halogens is 1. The van der Waals surface area contributed by atoms with Crippen LogP contribution in [0.5, 0.6) is 0 Å². The van der Waals surface area contributed by atoms with E-state index in [4.69, 9.17) is 16.7 Å². The summed E-state index contributed by atoms with van der Waals surface area (Å²) < 4.78 is 0. The molecule has 1 rings (SSSR count). The molecule has 0 fully saturated rings. The van der Waals surface area contributed by atoms with Crippen LogP contribution in [0.2, 0.25) is 5.02 Å². The smallest absolute Gasteiger partial charge is 0.326 e. The SMILES string of the molecule is CC(C)C(NC(=O)CNC(=O)Nc1ccc(Cl)cc1)C(=O)O. The van der Waals surface area contributed by atoms with Crippen molar-refractivity contribution >= 4 is 35.2 Å². The van der Waals surface area contributed by atoms with Gasteiger partial charge in [-0.15, -0.1) is 0 Å². The highest BCUT2D eigenvalue weighted by Crippen LogP contribution is 2.12. The van der Waals surface area contributed by atoms with Gasteiger partial charge in [-0.3, -0.25) is 4.79 Å². The molecule has 0 saturated carbocycles. The number of hydrogen-bond acceptors (Lipinski definition) is 3. The largest absolute Gasteiger partial charge is 0.480 e. The maximum Gasteiger partial charge on any atom is 0.326 e. The zero-order valence-corrected chi connectivity index (χ0v) is 13.0. The van der Waals surface area contributed by atoms with E-state index in [1.54, 1.807) is 38.1 Å². The number of urea groups is 1. The Labute approximate surface area is 133 Å². The lowest BCUT2D eigenvalue weighted by Crippen LogP contribution is -2.48. The van der Waals surface area contributed by atoms with E-state index < -0.39 is 23.9 Å². The summed E-state index contributed by atoms with van der Waals surface area (Å²) in [5.74, 6) is -1.95. The third-order valence-electron chi connectivity index (χ3n) is 2.76. The predicted octanol–water partition coefficient (Wildman–Crippen LogP) is 1.69. The van der Waals surface area contributed by atoms with E-state index in [1.165, 1.54) is 0 Å². The Morgan fingerprint density at radius 3 is 2.27 bits per heavy atom. The second-order valence-corrected chi connectivity index (χ2v) is 5.38. The van der Waals surface area contributed by atoms with Crippen molar-refractivity contribution in [2.75, 3.05) is 11.9 Å². The van der Waals surface area contributed by atoms with Gasteiger partial charge in [0, 0.05) is 10.7 Å². The lowest BCUT2D eigenvalue weighted by Gasteiger charge is -2.18. The molecular weight excluding hydrogens is 310 g/mol. The van der Waals surface area contributed by atoms with Crippen LogP contribution in [0.15, 0.2) is 24.3 Å². The number of nitrogens with one attached hydrogen (secondary N) is 3. The molecule has 0 spiro atoms. The highest BCUT2D eigenvalue weighted by Gasteiger charge is 2.23. The average molecular weight is 328 g/mol. The molecule has 0 aliphatic rings. The zero-order valence-electron chi connectivity index (χ0n) is 12.2. The van der Waals surface area contributed by atoms with Gasteiger partial charge in [-0.1, -0.05) is 25.4 Å². The van der Waals surface area contributed by atoms with Crippen LogP contribution in [-0.2, 0) is 9.59 Å². The van der Waals surface area contributed by atoms with Crippen LogP contribution >= 0.6 is 11.6 Å². The van der Waals surface area contributed by atoms with E-state index in [-0.39, 0.29) is 12.5 Å². The second kappa shape index (κ2) is 8.23. The van der Waals surface area contributed by atoms with Crippen molar-refractivity contribution in [2.24, 2.45) is 5.92 Å². The predicted molar refractivity (Wildman–Crippen MR) is 82.9 cm³/mol.